The van der Waals surface area contributed by atoms with Crippen LogP contribution in [0.1, 0.15) is 41.7 Å². The number of methoxy groups -OCH3 is 1. The average Bonchev–Trinajstić information content (AvgIpc) is 3.56. The first-order valence-corrected chi connectivity index (χ1v) is 11.6. The molecule has 3 heterocycles. The molecule has 2 saturated heterocycles. The minimum Gasteiger partial charge on any atom is -0.481 e. The largest absolute Gasteiger partial charge is 0.481 e. The van der Waals surface area contributed by atoms with E-state index in [1.165, 1.54) is 6.07 Å². The molecule has 0 radical (unpaired) electrons. The second-order valence-electron chi connectivity index (χ2n) is 9.49. The van der Waals surface area contributed by atoms with Crippen LogP contribution in [-0.2, 0) is 11.2 Å². The Bertz CT molecular complexity index is 1020. The Kier molecular flexibility index (Phi) is 5.82. The van der Waals surface area contributed by atoms with Crippen molar-refractivity contribution in [3.8, 4) is 5.88 Å². The maximum absolute atomic E-state index is 14.3. The summed E-state index contributed by atoms with van der Waals surface area (Å²) < 4.78 is 40.4. The van der Waals surface area contributed by atoms with Crippen LogP contribution in [0.3, 0.4) is 0 Å². The molecule has 1 aliphatic carbocycles. The molecule has 2 aliphatic heterocycles. The van der Waals surface area contributed by atoms with Crippen LogP contribution in [0.25, 0.3) is 0 Å². The van der Waals surface area contributed by atoms with Gasteiger partial charge in [-0.15, -0.1) is 0 Å². The highest BCUT2D eigenvalue weighted by molar-refractivity contribution is 5.95. The molecule has 3 aliphatic rings. The highest BCUT2D eigenvalue weighted by Gasteiger charge is 2.57. The molecule has 1 amide bonds. The molecule has 0 atom stereocenters. The van der Waals surface area contributed by atoms with Gasteiger partial charge in [-0.2, -0.15) is 0 Å². The number of nitrogens with zero attached hydrogens (tertiary/aromatic N) is 3. The van der Waals surface area contributed by atoms with Crippen molar-refractivity contribution in [2.24, 2.45) is 0 Å². The number of hydrogen-bond acceptors (Lipinski definition) is 5. The van der Waals surface area contributed by atoms with Gasteiger partial charge < -0.3 is 19.3 Å². The van der Waals surface area contributed by atoms with Gasteiger partial charge in [0, 0.05) is 37.8 Å². The highest BCUT2D eigenvalue weighted by Crippen LogP contribution is 2.49. The normalized spacial score (nSPS) is 21.4. The molecule has 5 rings (SSSR count). The summed E-state index contributed by atoms with van der Waals surface area (Å²) in [6, 6.07) is 9.33. The minimum atomic E-state index is -0.814. The van der Waals surface area contributed by atoms with E-state index in [0.29, 0.717) is 19.0 Å². The van der Waals surface area contributed by atoms with Gasteiger partial charge in [0.2, 0.25) is 5.88 Å². The van der Waals surface area contributed by atoms with Crippen LogP contribution in [0, 0.1) is 11.6 Å². The lowest BCUT2D eigenvalue weighted by Gasteiger charge is -2.50. The van der Waals surface area contributed by atoms with Crippen molar-refractivity contribution < 1.29 is 23.0 Å². The van der Waals surface area contributed by atoms with Gasteiger partial charge >= 0.3 is 0 Å². The molecule has 176 valence electrons. The van der Waals surface area contributed by atoms with Crippen LogP contribution in [0.5, 0.6) is 5.88 Å². The Morgan fingerprint density at radius 1 is 1.03 bits per heavy atom. The maximum atomic E-state index is 14.3. The summed E-state index contributed by atoms with van der Waals surface area (Å²) in [7, 11) is 1.61. The molecule has 6 nitrogen and oxygen atoms in total. The summed E-state index contributed by atoms with van der Waals surface area (Å²) in [5, 5.41) is 0. The molecular weight excluding hydrogens is 428 g/mol. The number of halogens is 2. The third-order valence-corrected chi connectivity index (χ3v) is 7.10. The van der Waals surface area contributed by atoms with Crippen molar-refractivity contribution >= 4 is 5.91 Å². The number of rotatable bonds is 5. The van der Waals surface area contributed by atoms with E-state index in [1.54, 1.807) is 12.0 Å². The number of likely N-dealkylation sites (tertiary alicyclic amines) is 1. The lowest BCUT2D eigenvalue weighted by Crippen LogP contribution is -2.61. The zero-order chi connectivity index (χ0) is 23.1. The van der Waals surface area contributed by atoms with E-state index in [1.807, 2.05) is 18.2 Å². The van der Waals surface area contributed by atoms with Crippen LogP contribution in [0.15, 0.2) is 36.4 Å². The standard InChI is InChI=1S/C25H29F2N3O3/c1-32-21-7-2-4-18(28-21)8-13-29-14-11-25(12-15-29)17-30(16-24(33-25)9-10-24)23(31)22-19(26)5-3-6-20(22)27/h2-7H,8-17H2,1H3. The van der Waals surface area contributed by atoms with Gasteiger partial charge in [0.05, 0.1) is 31.4 Å². The van der Waals surface area contributed by atoms with E-state index in [4.69, 9.17) is 9.47 Å². The molecule has 3 fully saturated rings. The second kappa shape index (κ2) is 8.65. The maximum Gasteiger partial charge on any atom is 0.260 e. The van der Waals surface area contributed by atoms with Gasteiger partial charge in [-0.3, -0.25) is 4.79 Å². The van der Waals surface area contributed by atoms with E-state index in [0.717, 1.165) is 69.6 Å². The van der Waals surface area contributed by atoms with Crippen LogP contribution in [-0.4, -0.2) is 71.7 Å². The van der Waals surface area contributed by atoms with Crippen molar-refractivity contribution in [1.29, 1.82) is 0 Å². The number of carbonyl (C=O) groups excluding carboxylic acids is 1. The molecule has 0 N–H and O–H groups in total. The molecule has 2 aromatic rings. The third kappa shape index (κ3) is 4.59. The smallest absolute Gasteiger partial charge is 0.260 e. The summed E-state index contributed by atoms with van der Waals surface area (Å²) >= 11 is 0. The van der Waals surface area contributed by atoms with E-state index >= 15 is 0 Å². The third-order valence-electron chi connectivity index (χ3n) is 7.10. The van der Waals surface area contributed by atoms with Crippen molar-refractivity contribution in [3.63, 3.8) is 0 Å². The number of carbonyl (C=O) groups is 1. The van der Waals surface area contributed by atoms with Crippen LogP contribution < -0.4 is 4.74 Å². The van der Waals surface area contributed by atoms with Gasteiger partial charge in [0.15, 0.2) is 0 Å². The number of pyridine rings is 1. The molecule has 0 unspecified atom stereocenters. The number of morpholine rings is 1. The van der Waals surface area contributed by atoms with Crippen molar-refractivity contribution in [2.45, 2.75) is 43.3 Å². The summed E-state index contributed by atoms with van der Waals surface area (Å²) in [4.78, 5) is 21.6. The van der Waals surface area contributed by atoms with Crippen LogP contribution in [0.4, 0.5) is 8.78 Å². The van der Waals surface area contributed by atoms with Gasteiger partial charge in [0.1, 0.15) is 17.2 Å². The van der Waals surface area contributed by atoms with Crippen LogP contribution in [0.2, 0.25) is 0 Å². The van der Waals surface area contributed by atoms with E-state index < -0.39 is 28.7 Å². The molecule has 8 heteroatoms. The van der Waals surface area contributed by atoms with Gasteiger partial charge in [0.25, 0.3) is 5.91 Å². The summed E-state index contributed by atoms with van der Waals surface area (Å²) in [5.41, 5.74) is -0.295. The Balaban J connectivity index is 1.24. The Hall–Kier alpha value is -2.58. The summed E-state index contributed by atoms with van der Waals surface area (Å²) in [5.74, 6) is -1.59. The Morgan fingerprint density at radius 3 is 2.30 bits per heavy atom. The fourth-order valence-corrected chi connectivity index (χ4v) is 5.11. The van der Waals surface area contributed by atoms with Crippen LogP contribution >= 0.6 is 0 Å². The number of amides is 1. The SMILES string of the molecule is COc1cccc(CCN2CCC3(CC2)CN(C(=O)c2c(F)cccc2F)CC2(CC2)O3)n1. The quantitative estimate of drug-likeness (QED) is 0.689. The first-order valence-electron chi connectivity index (χ1n) is 11.6. The van der Waals surface area contributed by atoms with Crippen molar-refractivity contribution in [3.05, 3.63) is 59.3 Å². The number of benzene rings is 1. The molecular formula is C25H29F2N3O3. The number of ether oxygens (including phenoxy) is 2. The number of aromatic nitrogens is 1. The lowest BCUT2D eigenvalue weighted by atomic mass is 9.87. The zero-order valence-electron chi connectivity index (χ0n) is 18.9. The predicted octanol–water partition coefficient (Wildman–Crippen LogP) is 3.45. The van der Waals surface area contributed by atoms with Crippen molar-refractivity contribution in [2.75, 3.05) is 39.8 Å². The topological polar surface area (TPSA) is 54.9 Å². The summed E-state index contributed by atoms with van der Waals surface area (Å²) in [6.07, 6.45) is 4.15. The number of piperidine rings is 1. The second-order valence-corrected chi connectivity index (χ2v) is 9.49. The molecule has 2 spiro atoms. The van der Waals surface area contributed by atoms with E-state index in [-0.39, 0.29) is 5.60 Å². The van der Waals surface area contributed by atoms with Gasteiger partial charge in [-0.05, 0) is 43.9 Å². The lowest BCUT2D eigenvalue weighted by molar-refractivity contribution is -0.179. The van der Waals surface area contributed by atoms with E-state index in [2.05, 4.69) is 9.88 Å². The number of hydrogen-bond donors (Lipinski definition) is 0. The molecule has 33 heavy (non-hydrogen) atoms. The molecule has 0 bridgehead atoms. The Labute approximate surface area is 192 Å². The minimum absolute atomic E-state index is 0.359. The van der Waals surface area contributed by atoms with Gasteiger partial charge in [-0.1, -0.05) is 12.1 Å². The summed E-state index contributed by atoms with van der Waals surface area (Å²) in [6.45, 7) is 3.33. The fourth-order valence-electron chi connectivity index (χ4n) is 5.11. The molecule has 1 aromatic heterocycles. The fraction of sp³-hybridized carbons (Fsp3) is 0.520. The van der Waals surface area contributed by atoms with Crippen molar-refractivity contribution in [1.82, 2.24) is 14.8 Å². The molecule has 1 saturated carbocycles. The first kappa shape index (κ1) is 22.2. The first-order chi connectivity index (χ1) is 15.9. The zero-order valence-corrected chi connectivity index (χ0v) is 18.9. The van der Waals surface area contributed by atoms with Gasteiger partial charge in [-0.25, -0.2) is 13.8 Å². The Morgan fingerprint density at radius 2 is 1.67 bits per heavy atom. The van der Waals surface area contributed by atoms with E-state index in [9.17, 15) is 13.6 Å². The molecule has 1 aromatic carbocycles. The monoisotopic (exact) mass is 457 g/mol. The highest BCUT2D eigenvalue weighted by atomic mass is 19.1. The predicted molar refractivity (Wildman–Crippen MR) is 118 cm³/mol. The average molecular weight is 458 g/mol.